The van der Waals surface area contributed by atoms with E-state index in [-0.39, 0.29) is 54.4 Å². The van der Waals surface area contributed by atoms with Crippen molar-refractivity contribution in [1.82, 2.24) is 15.5 Å². The van der Waals surface area contributed by atoms with Crippen molar-refractivity contribution in [3.63, 3.8) is 0 Å². The molecule has 1 aromatic rings. The van der Waals surface area contributed by atoms with Gasteiger partial charge in [0.25, 0.3) is 11.8 Å². The van der Waals surface area contributed by atoms with Crippen LogP contribution < -0.4 is 22.1 Å². The zero-order valence-electron chi connectivity index (χ0n) is 17.7. The zero-order valence-corrected chi connectivity index (χ0v) is 17.7. The Hall–Kier alpha value is -3.52. The van der Waals surface area contributed by atoms with Gasteiger partial charge in [-0.3, -0.25) is 4.79 Å². The van der Waals surface area contributed by atoms with E-state index in [0.29, 0.717) is 0 Å². The molecule has 0 saturated carbocycles. The fraction of sp³-hybridized carbons (Fsp3) is 0.500. The highest BCUT2D eigenvalue weighted by atomic mass is 19.3. The standard InChI is InChI=1S/C20H23F2N7O5/c21-18(22)6-2-4-8-9(3-1-5-10(8)18)14(30)25-11-7-29-17(24)26-12(15(31)32)13-19(29,20(11,33)34)28-16(23)27-13/h1,3,5,11-13,33-34H,2,4,6-7H2,(H2,24,26)(H,25,30)(H,31,32)(H3,23,27,28)/t11-,12?,13?,19?/m0/s1. The predicted molar refractivity (Wildman–Crippen MR) is 113 cm³/mol. The van der Waals surface area contributed by atoms with Gasteiger partial charge in [-0.2, -0.15) is 0 Å². The third-order valence-electron chi connectivity index (χ3n) is 7.00. The van der Waals surface area contributed by atoms with Gasteiger partial charge in [0, 0.05) is 24.1 Å². The van der Waals surface area contributed by atoms with Crippen molar-refractivity contribution >= 4 is 23.8 Å². The Morgan fingerprint density at radius 2 is 1.97 bits per heavy atom. The zero-order chi connectivity index (χ0) is 24.6. The van der Waals surface area contributed by atoms with Crippen LogP contribution in [0.15, 0.2) is 28.2 Å². The first-order valence-corrected chi connectivity index (χ1v) is 10.6. The summed E-state index contributed by atoms with van der Waals surface area (Å²) in [5, 5.41) is 37.2. The topological polar surface area (TPSA) is 199 Å². The minimum absolute atomic E-state index is 0.00760. The van der Waals surface area contributed by atoms with E-state index in [1.54, 1.807) is 0 Å². The Morgan fingerprint density at radius 3 is 2.68 bits per heavy atom. The number of hydrogen-bond donors (Lipinski definition) is 7. The van der Waals surface area contributed by atoms with E-state index in [4.69, 9.17) is 11.5 Å². The number of carbonyl (C=O) groups is 2. The molecule has 1 fully saturated rings. The van der Waals surface area contributed by atoms with E-state index in [2.05, 4.69) is 20.6 Å². The van der Waals surface area contributed by atoms with Crippen molar-refractivity contribution in [3.05, 3.63) is 34.9 Å². The molecule has 0 radical (unpaired) electrons. The summed E-state index contributed by atoms with van der Waals surface area (Å²) in [6.45, 7) is -0.294. The maximum Gasteiger partial charge on any atom is 0.331 e. The second-order valence-corrected chi connectivity index (χ2v) is 8.87. The number of hydrogen-bond acceptors (Lipinski definition) is 10. The Morgan fingerprint density at radius 1 is 1.24 bits per heavy atom. The van der Waals surface area contributed by atoms with Crippen LogP contribution in [0.1, 0.15) is 34.3 Å². The van der Waals surface area contributed by atoms with E-state index in [1.165, 1.54) is 23.1 Å². The third kappa shape index (κ3) is 2.81. The molecule has 34 heavy (non-hydrogen) atoms. The number of aliphatic hydroxyl groups is 2. The molecule has 4 aliphatic rings. The molecule has 12 nitrogen and oxygen atoms in total. The van der Waals surface area contributed by atoms with Crippen LogP contribution in [0.2, 0.25) is 0 Å². The van der Waals surface area contributed by atoms with Crippen molar-refractivity contribution < 1.29 is 33.7 Å². The molecule has 14 heteroatoms. The van der Waals surface area contributed by atoms with Gasteiger partial charge in [-0.15, -0.1) is 0 Å². The second-order valence-electron chi connectivity index (χ2n) is 8.87. The number of alkyl halides is 2. The summed E-state index contributed by atoms with van der Waals surface area (Å²) in [5.41, 5.74) is 9.65. The number of halogens is 2. The molecule has 0 bridgehead atoms. The number of nitrogens with zero attached hydrogens (tertiary/aromatic N) is 3. The minimum Gasteiger partial charge on any atom is -0.480 e. The number of aliphatic imine (C=N–C) groups is 2. The lowest BCUT2D eigenvalue weighted by Crippen LogP contribution is -2.78. The average molecular weight is 479 g/mol. The average Bonchev–Trinajstić information content (AvgIpc) is 3.22. The number of amides is 1. The van der Waals surface area contributed by atoms with Gasteiger partial charge in [0.1, 0.15) is 12.1 Å². The number of benzene rings is 1. The largest absolute Gasteiger partial charge is 0.480 e. The maximum atomic E-state index is 14.4. The number of carboxylic acid groups (broad SMARTS) is 1. The molecule has 182 valence electrons. The monoisotopic (exact) mass is 479 g/mol. The Balaban J connectivity index is 1.50. The summed E-state index contributed by atoms with van der Waals surface area (Å²) in [6, 6.07) is -0.365. The lowest BCUT2D eigenvalue weighted by Gasteiger charge is -2.48. The number of guanidine groups is 2. The van der Waals surface area contributed by atoms with Crippen LogP contribution in [0.4, 0.5) is 8.78 Å². The summed E-state index contributed by atoms with van der Waals surface area (Å²) >= 11 is 0. The number of carboxylic acids is 1. The number of rotatable bonds is 3. The first kappa shape index (κ1) is 22.3. The number of carbonyl (C=O) groups excluding carboxylic acids is 1. The minimum atomic E-state index is -3.07. The normalized spacial score (nSPS) is 32.5. The lowest BCUT2D eigenvalue weighted by molar-refractivity contribution is -0.230. The smallest absolute Gasteiger partial charge is 0.331 e. The molecule has 4 atom stereocenters. The Kier molecular flexibility index (Phi) is 4.58. The van der Waals surface area contributed by atoms with Gasteiger partial charge in [0.15, 0.2) is 23.6 Å². The van der Waals surface area contributed by atoms with Crippen molar-refractivity contribution in [2.45, 2.75) is 54.8 Å². The van der Waals surface area contributed by atoms with E-state index in [0.717, 1.165) is 0 Å². The summed E-state index contributed by atoms with van der Waals surface area (Å²) in [4.78, 5) is 34.0. The Labute approximate surface area is 191 Å². The molecule has 3 heterocycles. The van der Waals surface area contributed by atoms with Crippen molar-refractivity contribution in [1.29, 1.82) is 0 Å². The van der Waals surface area contributed by atoms with Gasteiger partial charge in [0.05, 0.1) is 0 Å². The number of aliphatic carboxylic acids is 1. The highest BCUT2D eigenvalue weighted by Crippen LogP contribution is 2.45. The van der Waals surface area contributed by atoms with Crippen LogP contribution in [0.3, 0.4) is 0 Å². The van der Waals surface area contributed by atoms with Gasteiger partial charge in [-0.05, 0) is 24.5 Å². The van der Waals surface area contributed by atoms with E-state index >= 15 is 0 Å². The number of fused-ring (bicyclic) bond motifs is 1. The quantitative estimate of drug-likeness (QED) is 0.239. The molecule has 9 N–H and O–H groups in total. The third-order valence-corrected chi connectivity index (χ3v) is 7.00. The number of nitrogens with one attached hydrogen (secondary N) is 2. The summed E-state index contributed by atoms with van der Waals surface area (Å²) < 4.78 is 28.7. The second kappa shape index (κ2) is 6.99. The number of nitrogens with two attached hydrogens (primary N) is 2. The van der Waals surface area contributed by atoms with Gasteiger partial charge in [0.2, 0.25) is 5.79 Å². The van der Waals surface area contributed by atoms with E-state index in [1.807, 2.05) is 0 Å². The summed E-state index contributed by atoms with van der Waals surface area (Å²) in [5.74, 6) is -8.68. The predicted octanol–water partition coefficient (Wildman–Crippen LogP) is -2.03. The molecule has 1 amide bonds. The van der Waals surface area contributed by atoms with Gasteiger partial charge < -0.3 is 42.3 Å². The maximum absolute atomic E-state index is 14.4. The molecule has 1 spiro atoms. The Bertz CT molecular complexity index is 1160. The molecule has 0 aromatic heterocycles. The van der Waals surface area contributed by atoms with Crippen molar-refractivity contribution in [2.24, 2.45) is 21.5 Å². The van der Waals surface area contributed by atoms with Crippen LogP contribution in [0.25, 0.3) is 0 Å². The first-order valence-electron chi connectivity index (χ1n) is 10.6. The SMILES string of the molecule is NC1=NC2C(C(=O)O)N=C(N)N3C[C@H](NC(=O)c4cccc5c4CCCC5(F)F)C(O)(O)C23N1. The van der Waals surface area contributed by atoms with Crippen LogP contribution in [0, 0.1) is 0 Å². The molecule has 5 rings (SSSR count). The summed E-state index contributed by atoms with van der Waals surface area (Å²) in [6.07, 6.45) is 0.145. The van der Waals surface area contributed by atoms with Crippen molar-refractivity contribution in [3.8, 4) is 0 Å². The molecular weight excluding hydrogens is 456 g/mol. The molecule has 1 saturated heterocycles. The van der Waals surface area contributed by atoms with Crippen LogP contribution in [-0.4, -0.2) is 80.1 Å². The van der Waals surface area contributed by atoms with Gasteiger partial charge >= 0.3 is 5.97 Å². The highest BCUT2D eigenvalue weighted by molar-refractivity contribution is 5.97. The van der Waals surface area contributed by atoms with Crippen LogP contribution in [0.5, 0.6) is 0 Å². The van der Waals surface area contributed by atoms with Crippen LogP contribution in [-0.2, 0) is 17.1 Å². The molecule has 1 aliphatic carbocycles. The molecule has 3 aliphatic heterocycles. The van der Waals surface area contributed by atoms with Gasteiger partial charge in [-0.25, -0.2) is 23.6 Å². The van der Waals surface area contributed by atoms with E-state index < -0.39 is 47.4 Å². The fourth-order valence-corrected chi connectivity index (χ4v) is 5.46. The lowest BCUT2D eigenvalue weighted by atomic mass is 9.84. The summed E-state index contributed by atoms with van der Waals surface area (Å²) in [7, 11) is 0. The highest BCUT2D eigenvalue weighted by Gasteiger charge is 2.74. The molecule has 1 aromatic carbocycles. The molecule has 3 unspecified atom stereocenters. The first-order chi connectivity index (χ1) is 15.9. The fourth-order valence-electron chi connectivity index (χ4n) is 5.46. The van der Waals surface area contributed by atoms with Gasteiger partial charge in [-0.1, -0.05) is 12.1 Å². The van der Waals surface area contributed by atoms with E-state index in [9.17, 15) is 33.7 Å². The van der Waals surface area contributed by atoms with Crippen molar-refractivity contribution in [2.75, 3.05) is 6.54 Å². The van der Waals surface area contributed by atoms with Crippen LogP contribution >= 0.6 is 0 Å². The molecular formula is C20H23F2N7O5.